The first kappa shape index (κ1) is 22.7. The molecule has 0 aliphatic carbocycles. The first-order chi connectivity index (χ1) is 15.9. The fourth-order valence-corrected chi connectivity index (χ4v) is 4.39. The van der Waals surface area contributed by atoms with Crippen LogP contribution in [-0.2, 0) is 22.6 Å². The molecule has 1 saturated heterocycles. The van der Waals surface area contributed by atoms with Crippen LogP contribution in [0.15, 0.2) is 54.6 Å². The molecule has 3 aromatic rings. The number of aryl methyl sites for hydroxylation is 2. The van der Waals surface area contributed by atoms with Gasteiger partial charge in [0.2, 0.25) is 11.8 Å². The molecule has 1 aliphatic heterocycles. The highest BCUT2D eigenvalue weighted by Crippen LogP contribution is 2.21. The van der Waals surface area contributed by atoms with E-state index in [1.165, 1.54) is 5.56 Å². The molecule has 7 nitrogen and oxygen atoms in total. The van der Waals surface area contributed by atoms with Crippen LogP contribution < -0.4 is 5.32 Å². The Labute approximate surface area is 194 Å². The molecule has 0 unspecified atom stereocenters. The van der Waals surface area contributed by atoms with Gasteiger partial charge in [-0.3, -0.25) is 9.59 Å². The van der Waals surface area contributed by atoms with E-state index in [9.17, 15) is 9.59 Å². The first-order valence-corrected chi connectivity index (χ1v) is 11.5. The van der Waals surface area contributed by atoms with Gasteiger partial charge in [0, 0.05) is 19.6 Å². The van der Waals surface area contributed by atoms with Gasteiger partial charge in [-0.05, 0) is 37.0 Å². The minimum Gasteiger partial charge on any atom is -0.354 e. The Balaban J connectivity index is 1.42. The lowest BCUT2D eigenvalue weighted by Crippen LogP contribution is -2.41. The molecule has 33 heavy (non-hydrogen) atoms. The smallest absolute Gasteiger partial charge is 0.227 e. The molecule has 172 valence electrons. The third-order valence-electron chi connectivity index (χ3n) is 6.18. The number of hydrogen-bond acceptors (Lipinski definition) is 4. The van der Waals surface area contributed by atoms with Crippen LogP contribution in [0.4, 0.5) is 0 Å². The predicted molar refractivity (Wildman–Crippen MR) is 127 cm³/mol. The summed E-state index contributed by atoms with van der Waals surface area (Å²) in [6.07, 6.45) is 0.598. The SMILES string of the molecule is Cc1nc(C)n(C[C@H](C)C(=O)N2CCNC(=O)[C@@H](Cc3ccc(-c4ccccc4)cc3)C2)n1. The zero-order chi connectivity index (χ0) is 23.4. The van der Waals surface area contributed by atoms with Crippen molar-refractivity contribution in [2.75, 3.05) is 19.6 Å². The maximum absolute atomic E-state index is 13.2. The van der Waals surface area contributed by atoms with E-state index in [1.807, 2.05) is 43.9 Å². The second kappa shape index (κ2) is 9.98. The number of rotatable bonds is 6. The number of nitrogens with one attached hydrogen (secondary N) is 1. The van der Waals surface area contributed by atoms with E-state index in [0.29, 0.717) is 38.4 Å². The average Bonchev–Trinajstić information content (AvgIpc) is 3.02. The molecular weight excluding hydrogens is 414 g/mol. The standard InChI is InChI=1S/C26H31N5O2/c1-18(16-31-20(3)28-19(2)29-31)26(33)30-14-13-27-25(32)24(17-30)15-21-9-11-23(12-10-21)22-7-5-4-6-8-22/h4-12,18,24H,13-17H2,1-3H3,(H,27,32)/t18-,24-/m0/s1. The number of aromatic nitrogens is 3. The van der Waals surface area contributed by atoms with Gasteiger partial charge in [-0.25, -0.2) is 9.67 Å². The van der Waals surface area contributed by atoms with Crippen molar-refractivity contribution in [1.29, 1.82) is 0 Å². The largest absolute Gasteiger partial charge is 0.354 e. The fraction of sp³-hybridized carbons (Fsp3) is 0.385. The third-order valence-corrected chi connectivity index (χ3v) is 6.18. The molecule has 1 N–H and O–H groups in total. The number of amides is 2. The van der Waals surface area contributed by atoms with E-state index in [2.05, 4.69) is 51.8 Å². The van der Waals surface area contributed by atoms with Crippen LogP contribution in [0.5, 0.6) is 0 Å². The Morgan fingerprint density at radius 3 is 2.45 bits per heavy atom. The first-order valence-electron chi connectivity index (χ1n) is 11.5. The van der Waals surface area contributed by atoms with E-state index in [1.54, 1.807) is 4.68 Å². The Morgan fingerprint density at radius 1 is 1.09 bits per heavy atom. The van der Waals surface area contributed by atoms with Gasteiger partial charge in [0.1, 0.15) is 11.6 Å². The van der Waals surface area contributed by atoms with Crippen molar-refractivity contribution in [1.82, 2.24) is 25.0 Å². The van der Waals surface area contributed by atoms with Crippen molar-refractivity contribution in [2.24, 2.45) is 11.8 Å². The summed E-state index contributed by atoms with van der Waals surface area (Å²) in [4.78, 5) is 32.1. The molecule has 0 saturated carbocycles. The van der Waals surface area contributed by atoms with Gasteiger partial charge in [-0.2, -0.15) is 5.10 Å². The van der Waals surface area contributed by atoms with Crippen LogP contribution in [0.3, 0.4) is 0 Å². The zero-order valence-corrected chi connectivity index (χ0v) is 19.5. The van der Waals surface area contributed by atoms with Crippen LogP contribution in [0.1, 0.15) is 24.1 Å². The highest BCUT2D eigenvalue weighted by Gasteiger charge is 2.30. The quantitative estimate of drug-likeness (QED) is 0.633. The Hall–Kier alpha value is -3.48. The molecule has 4 rings (SSSR count). The topological polar surface area (TPSA) is 80.1 Å². The Bertz CT molecular complexity index is 1110. The normalized spacial score (nSPS) is 17.4. The molecule has 7 heteroatoms. The summed E-state index contributed by atoms with van der Waals surface area (Å²) in [5.41, 5.74) is 3.40. The number of hydrogen-bond donors (Lipinski definition) is 1. The predicted octanol–water partition coefficient (Wildman–Crippen LogP) is 3.02. The van der Waals surface area contributed by atoms with Crippen LogP contribution in [-0.4, -0.2) is 51.1 Å². The van der Waals surface area contributed by atoms with Crippen LogP contribution in [0.2, 0.25) is 0 Å². The monoisotopic (exact) mass is 445 g/mol. The number of carbonyl (C=O) groups is 2. The maximum Gasteiger partial charge on any atom is 0.227 e. The van der Waals surface area contributed by atoms with E-state index < -0.39 is 0 Å². The van der Waals surface area contributed by atoms with Crippen LogP contribution in [0, 0.1) is 25.7 Å². The molecule has 2 atom stereocenters. The summed E-state index contributed by atoms with van der Waals surface area (Å²) in [6.45, 7) is 7.55. The summed E-state index contributed by atoms with van der Waals surface area (Å²) in [7, 11) is 0. The molecule has 0 bridgehead atoms. The summed E-state index contributed by atoms with van der Waals surface area (Å²) in [5.74, 6) is 1.04. The van der Waals surface area contributed by atoms with Gasteiger partial charge in [0.15, 0.2) is 0 Å². The highest BCUT2D eigenvalue weighted by atomic mass is 16.2. The molecular formula is C26H31N5O2. The van der Waals surface area contributed by atoms with Crippen molar-refractivity contribution in [3.8, 4) is 11.1 Å². The molecule has 2 heterocycles. The summed E-state index contributed by atoms with van der Waals surface area (Å²) in [6, 6.07) is 18.6. The molecule has 0 radical (unpaired) electrons. The molecule has 2 aromatic carbocycles. The highest BCUT2D eigenvalue weighted by molar-refractivity contribution is 5.83. The lowest BCUT2D eigenvalue weighted by atomic mass is 9.95. The minimum absolute atomic E-state index is 0.00725. The number of nitrogens with zero attached hydrogens (tertiary/aromatic N) is 4. The fourth-order valence-electron chi connectivity index (χ4n) is 4.39. The van der Waals surface area contributed by atoms with Gasteiger partial charge in [0.25, 0.3) is 0 Å². The summed E-state index contributed by atoms with van der Waals surface area (Å²) in [5, 5.41) is 7.35. The Kier molecular flexibility index (Phi) is 6.87. The number of carbonyl (C=O) groups excluding carboxylic acids is 2. The second-order valence-electron chi connectivity index (χ2n) is 8.83. The van der Waals surface area contributed by atoms with Crippen molar-refractivity contribution in [3.63, 3.8) is 0 Å². The van der Waals surface area contributed by atoms with Crippen molar-refractivity contribution in [2.45, 2.75) is 33.7 Å². The van der Waals surface area contributed by atoms with E-state index >= 15 is 0 Å². The van der Waals surface area contributed by atoms with Crippen molar-refractivity contribution in [3.05, 3.63) is 71.8 Å². The van der Waals surface area contributed by atoms with Gasteiger partial charge < -0.3 is 10.2 Å². The van der Waals surface area contributed by atoms with E-state index in [-0.39, 0.29) is 23.7 Å². The van der Waals surface area contributed by atoms with E-state index in [4.69, 9.17) is 0 Å². The average molecular weight is 446 g/mol. The third kappa shape index (κ3) is 5.48. The van der Waals surface area contributed by atoms with Gasteiger partial charge >= 0.3 is 0 Å². The number of benzene rings is 2. The lowest BCUT2D eigenvalue weighted by Gasteiger charge is -2.26. The molecule has 1 fully saturated rings. The molecule has 2 amide bonds. The van der Waals surface area contributed by atoms with E-state index in [0.717, 1.165) is 17.0 Å². The van der Waals surface area contributed by atoms with Gasteiger partial charge in [-0.1, -0.05) is 61.5 Å². The van der Waals surface area contributed by atoms with Gasteiger partial charge in [0.05, 0.1) is 18.4 Å². The van der Waals surface area contributed by atoms with Crippen molar-refractivity contribution < 1.29 is 9.59 Å². The maximum atomic E-state index is 13.2. The summed E-state index contributed by atoms with van der Waals surface area (Å²) >= 11 is 0. The Morgan fingerprint density at radius 2 is 1.79 bits per heavy atom. The molecule has 1 aliphatic rings. The zero-order valence-electron chi connectivity index (χ0n) is 19.5. The minimum atomic E-state index is -0.276. The van der Waals surface area contributed by atoms with Gasteiger partial charge in [-0.15, -0.1) is 0 Å². The molecule has 0 spiro atoms. The van der Waals surface area contributed by atoms with Crippen LogP contribution in [0.25, 0.3) is 11.1 Å². The second-order valence-corrected chi connectivity index (χ2v) is 8.83. The lowest BCUT2D eigenvalue weighted by molar-refractivity contribution is -0.136. The van der Waals surface area contributed by atoms with Crippen molar-refractivity contribution >= 4 is 11.8 Å². The summed E-state index contributed by atoms with van der Waals surface area (Å²) < 4.78 is 1.78. The molecule has 1 aromatic heterocycles. The van der Waals surface area contributed by atoms with Crippen LogP contribution >= 0.6 is 0 Å².